The molecule has 0 radical (unpaired) electrons. The van der Waals surface area contributed by atoms with Crippen LogP contribution in [0.2, 0.25) is 0 Å². The SMILES string of the molecule is COc1cccc(S(=O)(=O)N2CCN(CCNC(=O)Nc3cc(C)nc4ccccc34)CC2)c1. The highest BCUT2D eigenvalue weighted by Crippen LogP contribution is 2.23. The Kier molecular flexibility index (Phi) is 7.30. The van der Waals surface area contributed by atoms with E-state index in [9.17, 15) is 13.2 Å². The highest BCUT2D eigenvalue weighted by Gasteiger charge is 2.28. The summed E-state index contributed by atoms with van der Waals surface area (Å²) in [6.45, 7) is 4.97. The topological polar surface area (TPSA) is 104 Å². The summed E-state index contributed by atoms with van der Waals surface area (Å²) in [6, 6.07) is 15.8. The van der Waals surface area contributed by atoms with Crippen LogP contribution in [-0.2, 0) is 10.0 Å². The number of ether oxygens (including phenoxy) is 1. The maximum atomic E-state index is 12.9. The van der Waals surface area contributed by atoms with Gasteiger partial charge < -0.3 is 15.4 Å². The molecule has 2 N–H and O–H groups in total. The smallest absolute Gasteiger partial charge is 0.319 e. The Morgan fingerprint density at radius 1 is 1.06 bits per heavy atom. The molecule has 4 rings (SSSR count). The second kappa shape index (κ2) is 10.4. The van der Waals surface area contributed by atoms with E-state index >= 15 is 0 Å². The zero-order chi connectivity index (χ0) is 24.1. The van der Waals surface area contributed by atoms with E-state index < -0.39 is 10.0 Å². The number of pyridine rings is 1. The minimum atomic E-state index is -3.57. The normalized spacial score (nSPS) is 15.2. The van der Waals surface area contributed by atoms with Gasteiger partial charge in [-0.1, -0.05) is 24.3 Å². The van der Waals surface area contributed by atoms with Crippen molar-refractivity contribution in [3.8, 4) is 5.75 Å². The van der Waals surface area contributed by atoms with Gasteiger partial charge in [0.1, 0.15) is 5.75 Å². The zero-order valence-corrected chi connectivity index (χ0v) is 20.1. The fourth-order valence-corrected chi connectivity index (χ4v) is 5.47. The number of anilines is 1. The maximum Gasteiger partial charge on any atom is 0.319 e. The van der Waals surface area contributed by atoms with Gasteiger partial charge in [-0.05, 0) is 31.2 Å². The first-order chi connectivity index (χ1) is 16.4. The van der Waals surface area contributed by atoms with Crippen LogP contribution in [0.15, 0.2) is 59.5 Å². The molecule has 1 fully saturated rings. The molecule has 0 saturated carbocycles. The van der Waals surface area contributed by atoms with E-state index in [2.05, 4.69) is 20.5 Å². The minimum absolute atomic E-state index is 0.234. The Morgan fingerprint density at radius 3 is 2.59 bits per heavy atom. The number of aryl methyl sites for hydroxylation is 1. The monoisotopic (exact) mass is 483 g/mol. The molecule has 0 spiro atoms. The number of nitrogens with one attached hydrogen (secondary N) is 2. The highest BCUT2D eigenvalue weighted by molar-refractivity contribution is 7.89. The number of hydrogen-bond donors (Lipinski definition) is 2. The van der Waals surface area contributed by atoms with Crippen LogP contribution in [0, 0.1) is 6.92 Å². The van der Waals surface area contributed by atoms with Crippen molar-refractivity contribution in [2.24, 2.45) is 0 Å². The van der Waals surface area contributed by atoms with Crippen molar-refractivity contribution in [2.45, 2.75) is 11.8 Å². The van der Waals surface area contributed by atoms with Crippen LogP contribution in [0.1, 0.15) is 5.69 Å². The summed E-state index contributed by atoms with van der Waals surface area (Å²) >= 11 is 0. The van der Waals surface area contributed by atoms with Crippen molar-refractivity contribution in [2.75, 3.05) is 51.7 Å². The van der Waals surface area contributed by atoms with Crippen molar-refractivity contribution < 1.29 is 17.9 Å². The lowest BCUT2D eigenvalue weighted by Crippen LogP contribution is -2.50. The first kappa shape index (κ1) is 23.9. The molecule has 0 bridgehead atoms. The number of rotatable bonds is 7. The number of methoxy groups -OCH3 is 1. The third kappa shape index (κ3) is 5.46. The number of benzene rings is 2. The lowest BCUT2D eigenvalue weighted by Gasteiger charge is -2.34. The van der Waals surface area contributed by atoms with Gasteiger partial charge in [0.25, 0.3) is 0 Å². The van der Waals surface area contributed by atoms with E-state index in [0.717, 1.165) is 22.3 Å². The molecule has 0 unspecified atom stereocenters. The molecule has 2 aromatic carbocycles. The van der Waals surface area contributed by atoms with Crippen molar-refractivity contribution >= 4 is 32.6 Å². The van der Waals surface area contributed by atoms with E-state index in [1.807, 2.05) is 37.3 Å². The van der Waals surface area contributed by atoms with E-state index in [-0.39, 0.29) is 10.9 Å². The van der Waals surface area contributed by atoms with Gasteiger partial charge in [-0.3, -0.25) is 9.88 Å². The molecule has 1 aliphatic rings. The largest absolute Gasteiger partial charge is 0.497 e. The van der Waals surface area contributed by atoms with Gasteiger partial charge in [-0.15, -0.1) is 0 Å². The lowest BCUT2D eigenvalue weighted by molar-refractivity contribution is 0.189. The van der Waals surface area contributed by atoms with Crippen LogP contribution in [0.4, 0.5) is 10.5 Å². The summed E-state index contributed by atoms with van der Waals surface area (Å²) in [7, 11) is -2.05. The summed E-state index contributed by atoms with van der Waals surface area (Å²) in [5.74, 6) is 0.513. The third-order valence-electron chi connectivity index (χ3n) is 5.82. The number of amides is 2. The number of carbonyl (C=O) groups is 1. The molecule has 10 heteroatoms. The number of piperazine rings is 1. The number of sulfonamides is 1. The summed E-state index contributed by atoms with van der Waals surface area (Å²) in [4.78, 5) is 19.3. The molecule has 3 aromatic rings. The maximum absolute atomic E-state index is 12.9. The van der Waals surface area contributed by atoms with Crippen molar-refractivity contribution in [3.05, 3.63) is 60.3 Å². The Morgan fingerprint density at radius 2 is 1.82 bits per heavy atom. The molecule has 1 aromatic heterocycles. The van der Waals surface area contributed by atoms with Crippen molar-refractivity contribution in [1.29, 1.82) is 0 Å². The number of hydrogen-bond acceptors (Lipinski definition) is 6. The fraction of sp³-hybridized carbons (Fsp3) is 0.333. The average Bonchev–Trinajstić information content (AvgIpc) is 2.84. The molecule has 34 heavy (non-hydrogen) atoms. The molecular formula is C24H29N5O4S. The summed E-state index contributed by atoms with van der Waals surface area (Å²) in [6.07, 6.45) is 0. The standard InChI is InChI=1S/C24H29N5O4S/c1-18-16-23(21-8-3-4-9-22(21)26-18)27-24(30)25-10-11-28-12-14-29(15-13-28)34(31,32)20-7-5-6-19(17-20)33-2/h3-9,16-17H,10-15H2,1-2H3,(H2,25,26,27,30). The van der Waals surface area contributed by atoms with E-state index in [4.69, 9.17) is 4.74 Å². The fourth-order valence-electron chi connectivity index (χ4n) is 4.01. The average molecular weight is 484 g/mol. The van der Waals surface area contributed by atoms with E-state index in [1.165, 1.54) is 17.5 Å². The first-order valence-electron chi connectivity index (χ1n) is 11.1. The van der Waals surface area contributed by atoms with Crippen LogP contribution in [-0.4, -0.2) is 75.0 Å². The van der Waals surface area contributed by atoms with Gasteiger partial charge in [-0.25, -0.2) is 13.2 Å². The molecule has 0 aliphatic carbocycles. The quantitative estimate of drug-likeness (QED) is 0.536. The molecule has 2 amide bonds. The molecule has 180 valence electrons. The second-order valence-corrected chi connectivity index (χ2v) is 10.1. The number of aromatic nitrogens is 1. The summed E-state index contributed by atoms with van der Waals surface area (Å²) in [5.41, 5.74) is 2.38. The third-order valence-corrected chi connectivity index (χ3v) is 7.71. The van der Waals surface area contributed by atoms with Crippen molar-refractivity contribution in [3.63, 3.8) is 0 Å². The van der Waals surface area contributed by atoms with Gasteiger partial charge in [0.15, 0.2) is 0 Å². The Labute approximate surface area is 199 Å². The van der Waals surface area contributed by atoms with E-state index in [0.29, 0.717) is 45.0 Å². The number of para-hydroxylation sites is 1. The van der Waals surface area contributed by atoms with Crippen LogP contribution in [0.5, 0.6) is 5.75 Å². The lowest BCUT2D eigenvalue weighted by atomic mass is 10.1. The van der Waals surface area contributed by atoms with Gasteiger partial charge >= 0.3 is 6.03 Å². The van der Waals surface area contributed by atoms with Crippen LogP contribution >= 0.6 is 0 Å². The predicted molar refractivity (Wildman–Crippen MR) is 132 cm³/mol. The van der Waals surface area contributed by atoms with Gasteiger partial charge in [0.05, 0.1) is 23.2 Å². The van der Waals surface area contributed by atoms with Gasteiger partial charge in [0, 0.05) is 56.4 Å². The molecule has 1 saturated heterocycles. The minimum Gasteiger partial charge on any atom is -0.497 e. The first-order valence-corrected chi connectivity index (χ1v) is 12.6. The highest BCUT2D eigenvalue weighted by atomic mass is 32.2. The second-order valence-electron chi connectivity index (χ2n) is 8.13. The van der Waals surface area contributed by atoms with E-state index in [1.54, 1.807) is 18.2 Å². The molecule has 9 nitrogen and oxygen atoms in total. The molecule has 1 aliphatic heterocycles. The van der Waals surface area contributed by atoms with Crippen molar-refractivity contribution in [1.82, 2.24) is 19.5 Å². The van der Waals surface area contributed by atoms with Crippen LogP contribution in [0.25, 0.3) is 10.9 Å². The molecular weight excluding hydrogens is 454 g/mol. The Hall–Kier alpha value is -3.21. The molecule has 2 heterocycles. The number of carbonyl (C=O) groups excluding carboxylic acids is 1. The Balaban J connectivity index is 1.26. The van der Waals surface area contributed by atoms with Gasteiger partial charge in [-0.2, -0.15) is 4.31 Å². The predicted octanol–water partition coefficient (Wildman–Crippen LogP) is 2.68. The van der Waals surface area contributed by atoms with Crippen LogP contribution < -0.4 is 15.4 Å². The van der Waals surface area contributed by atoms with Gasteiger partial charge in [0.2, 0.25) is 10.0 Å². The number of nitrogens with zero attached hydrogens (tertiary/aromatic N) is 3. The number of urea groups is 1. The summed E-state index contributed by atoms with van der Waals surface area (Å²) in [5, 5.41) is 6.68. The zero-order valence-electron chi connectivity index (χ0n) is 19.3. The number of fused-ring (bicyclic) bond motifs is 1. The summed E-state index contributed by atoms with van der Waals surface area (Å²) < 4.78 is 32.5. The van der Waals surface area contributed by atoms with Crippen LogP contribution in [0.3, 0.4) is 0 Å². The molecule has 0 atom stereocenters. The Bertz CT molecular complexity index is 1270.